The van der Waals surface area contributed by atoms with Crippen LogP contribution in [0.2, 0.25) is 0 Å². The first-order valence-electron chi connectivity index (χ1n) is 7.23. The molecule has 0 bridgehead atoms. The first-order chi connectivity index (χ1) is 10.6. The number of hydrogen-bond acceptors (Lipinski definition) is 4. The quantitative estimate of drug-likeness (QED) is 0.630. The Morgan fingerprint density at radius 1 is 1.23 bits per heavy atom. The van der Waals surface area contributed by atoms with Crippen molar-refractivity contribution in [2.45, 2.75) is 12.8 Å². The second kappa shape index (κ2) is 6.62. The highest BCUT2D eigenvalue weighted by molar-refractivity contribution is 8.26. The van der Waals surface area contributed by atoms with Gasteiger partial charge in [0.05, 0.1) is 4.91 Å². The monoisotopic (exact) mass is 332 g/mol. The summed E-state index contributed by atoms with van der Waals surface area (Å²) in [5, 5.41) is 0. The molecule has 2 aliphatic rings. The lowest BCUT2D eigenvalue weighted by atomic mass is 10.2. The topological polar surface area (TPSA) is 40.6 Å². The molecule has 0 spiro atoms. The fourth-order valence-electron chi connectivity index (χ4n) is 2.54. The fraction of sp³-hybridized carbons (Fsp3) is 0.312. The van der Waals surface area contributed by atoms with Crippen molar-refractivity contribution in [1.29, 1.82) is 0 Å². The summed E-state index contributed by atoms with van der Waals surface area (Å²) in [5.74, 6) is -0.193. The summed E-state index contributed by atoms with van der Waals surface area (Å²) in [6, 6.07) is 9.63. The van der Waals surface area contributed by atoms with E-state index in [1.165, 1.54) is 16.7 Å². The van der Waals surface area contributed by atoms with Gasteiger partial charge in [-0.1, -0.05) is 54.3 Å². The van der Waals surface area contributed by atoms with Crippen LogP contribution in [0.5, 0.6) is 0 Å². The number of carbonyl (C=O) groups excluding carboxylic acids is 2. The Balaban J connectivity index is 1.71. The van der Waals surface area contributed by atoms with E-state index in [9.17, 15) is 9.59 Å². The van der Waals surface area contributed by atoms with Crippen LogP contribution in [0.4, 0.5) is 0 Å². The molecule has 0 aliphatic carbocycles. The molecule has 1 aromatic carbocycles. The first-order valence-corrected chi connectivity index (χ1v) is 8.46. The SMILES string of the molecule is O=C(CN1C(=O)C(=Cc2ccccc2)SC1=S)N1CCCC1. The van der Waals surface area contributed by atoms with Gasteiger partial charge in [0, 0.05) is 13.1 Å². The summed E-state index contributed by atoms with van der Waals surface area (Å²) in [4.78, 5) is 28.4. The van der Waals surface area contributed by atoms with Gasteiger partial charge in [0.25, 0.3) is 5.91 Å². The van der Waals surface area contributed by atoms with Crippen LogP contribution < -0.4 is 0 Å². The van der Waals surface area contributed by atoms with E-state index in [4.69, 9.17) is 12.2 Å². The molecule has 0 N–H and O–H groups in total. The van der Waals surface area contributed by atoms with Crippen LogP contribution in [0.3, 0.4) is 0 Å². The van der Waals surface area contributed by atoms with Gasteiger partial charge in [-0.05, 0) is 24.5 Å². The molecule has 2 aliphatic heterocycles. The summed E-state index contributed by atoms with van der Waals surface area (Å²) in [6.45, 7) is 1.62. The second-order valence-electron chi connectivity index (χ2n) is 5.27. The smallest absolute Gasteiger partial charge is 0.266 e. The van der Waals surface area contributed by atoms with Crippen LogP contribution in [0.1, 0.15) is 18.4 Å². The maximum atomic E-state index is 12.4. The molecule has 22 heavy (non-hydrogen) atoms. The molecule has 0 saturated carbocycles. The standard InChI is InChI=1S/C16H16N2O2S2/c19-14(17-8-4-5-9-17)11-18-15(20)13(22-16(18)21)10-12-6-2-1-3-7-12/h1-3,6-7,10H,4-5,8-9,11H2. The van der Waals surface area contributed by atoms with Gasteiger partial charge in [0.1, 0.15) is 10.9 Å². The molecule has 0 aromatic heterocycles. The summed E-state index contributed by atoms with van der Waals surface area (Å²) in [6.07, 6.45) is 3.90. The van der Waals surface area contributed by atoms with E-state index in [1.54, 1.807) is 4.90 Å². The highest BCUT2D eigenvalue weighted by Gasteiger charge is 2.34. The zero-order valence-electron chi connectivity index (χ0n) is 12.0. The normalized spacial score (nSPS) is 20.3. The zero-order chi connectivity index (χ0) is 15.5. The van der Waals surface area contributed by atoms with Gasteiger partial charge in [0.15, 0.2) is 0 Å². The van der Waals surface area contributed by atoms with Crippen molar-refractivity contribution in [3.05, 3.63) is 40.8 Å². The number of carbonyl (C=O) groups is 2. The van der Waals surface area contributed by atoms with Crippen molar-refractivity contribution in [3.8, 4) is 0 Å². The summed E-state index contributed by atoms with van der Waals surface area (Å²) >= 11 is 6.52. The van der Waals surface area contributed by atoms with Crippen LogP contribution >= 0.6 is 24.0 Å². The summed E-state index contributed by atoms with van der Waals surface area (Å²) in [7, 11) is 0. The van der Waals surface area contributed by atoms with Crippen LogP contribution in [-0.2, 0) is 9.59 Å². The Bertz CT molecular complexity index is 637. The third-order valence-corrected chi connectivity index (χ3v) is 5.10. The number of likely N-dealkylation sites (tertiary alicyclic amines) is 1. The average molecular weight is 332 g/mol. The van der Waals surface area contributed by atoms with Crippen molar-refractivity contribution >= 4 is 46.2 Å². The second-order valence-corrected chi connectivity index (χ2v) is 6.94. The predicted octanol–water partition coefficient (Wildman–Crippen LogP) is 2.51. The third-order valence-electron chi connectivity index (χ3n) is 3.72. The fourth-order valence-corrected chi connectivity index (χ4v) is 3.79. The molecule has 0 atom stereocenters. The largest absolute Gasteiger partial charge is 0.341 e. The molecule has 114 valence electrons. The Kier molecular flexibility index (Phi) is 4.59. The molecule has 2 saturated heterocycles. The van der Waals surface area contributed by atoms with Gasteiger partial charge in [-0.25, -0.2) is 0 Å². The van der Waals surface area contributed by atoms with Crippen LogP contribution in [-0.4, -0.2) is 45.6 Å². The molecule has 0 unspecified atom stereocenters. The number of thiocarbonyl (C=S) groups is 1. The minimum Gasteiger partial charge on any atom is -0.341 e. The number of amides is 2. The van der Waals surface area contributed by atoms with Crippen molar-refractivity contribution in [2.75, 3.05) is 19.6 Å². The van der Waals surface area contributed by atoms with Crippen molar-refractivity contribution in [2.24, 2.45) is 0 Å². The highest BCUT2D eigenvalue weighted by atomic mass is 32.2. The van der Waals surface area contributed by atoms with Crippen molar-refractivity contribution in [1.82, 2.24) is 9.80 Å². The van der Waals surface area contributed by atoms with Gasteiger partial charge in [-0.2, -0.15) is 0 Å². The third kappa shape index (κ3) is 3.23. The Morgan fingerprint density at radius 2 is 1.91 bits per heavy atom. The minimum absolute atomic E-state index is 0.0187. The average Bonchev–Trinajstić information content (AvgIpc) is 3.13. The number of benzene rings is 1. The minimum atomic E-state index is -0.175. The van der Waals surface area contributed by atoms with E-state index < -0.39 is 0 Å². The molecule has 0 radical (unpaired) electrons. The molecular formula is C16H16N2O2S2. The number of thioether (sulfide) groups is 1. The van der Waals surface area contributed by atoms with Gasteiger partial charge >= 0.3 is 0 Å². The van der Waals surface area contributed by atoms with Gasteiger partial charge in [-0.3, -0.25) is 14.5 Å². The molecule has 3 rings (SSSR count). The zero-order valence-corrected chi connectivity index (χ0v) is 13.7. The predicted molar refractivity (Wildman–Crippen MR) is 92.1 cm³/mol. The van der Waals surface area contributed by atoms with E-state index in [1.807, 2.05) is 36.4 Å². The van der Waals surface area contributed by atoms with Gasteiger partial charge in [0.2, 0.25) is 5.91 Å². The Hall–Kier alpha value is -1.66. The lowest BCUT2D eigenvalue weighted by Crippen LogP contribution is -2.40. The number of rotatable bonds is 3. The van der Waals surface area contributed by atoms with Crippen LogP contribution in [0.15, 0.2) is 35.2 Å². The van der Waals surface area contributed by atoms with E-state index >= 15 is 0 Å². The lowest BCUT2D eigenvalue weighted by molar-refractivity contribution is -0.134. The lowest BCUT2D eigenvalue weighted by Gasteiger charge is -2.19. The van der Waals surface area contributed by atoms with Gasteiger partial charge < -0.3 is 4.90 Å². The van der Waals surface area contributed by atoms with Gasteiger partial charge in [-0.15, -0.1) is 0 Å². The maximum Gasteiger partial charge on any atom is 0.266 e. The van der Waals surface area contributed by atoms with Crippen molar-refractivity contribution < 1.29 is 9.59 Å². The van der Waals surface area contributed by atoms with Crippen LogP contribution in [0.25, 0.3) is 6.08 Å². The highest BCUT2D eigenvalue weighted by Crippen LogP contribution is 2.32. The molecular weight excluding hydrogens is 316 g/mol. The van der Waals surface area contributed by atoms with E-state index in [2.05, 4.69) is 0 Å². The first kappa shape index (κ1) is 15.2. The molecule has 6 heteroatoms. The molecule has 1 aromatic rings. The van der Waals surface area contributed by atoms with Crippen LogP contribution in [0, 0.1) is 0 Å². The van der Waals surface area contributed by atoms with Crippen molar-refractivity contribution in [3.63, 3.8) is 0 Å². The van der Waals surface area contributed by atoms with E-state index in [0.29, 0.717) is 9.23 Å². The number of hydrogen-bond donors (Lipinski definition) is 0. The Labute approximate surface area is 139 Å². The summed E-state index contributed by atoms with van der Waals surface area (Å²) in [5.41, 5.74) is 0.953. The number of nitrogens with zero attached hydrogens (tertiary/aromatic N) is 2. The maximum absolute atomic E-state index is 12.4. The molecule has 2 fully saturated rings. The summed E-state index contributed by atoms with van der Waals surface area (Å²) < 4.78 is 0.458. The molecule has 4 nitrogen and oxygen atoms in total. The van der Waals surface area contributed by atoms with E-state index in [0.717, 1.165) is 31.5 Å². The molecule has 2 amide bonds. The molecule has 2 heterocycles. The van der Waals surface area contributed by atoms with E-state index in [-0.39, 0.29) is 18.4 Å². The Morgan fingerprint density at radius 3 is 2.59 bits per heavy atom.